The highest BCUT2D eigenvalue weighted by Crippen LogP contribution is 2.04. The molecule has 0 fully saturated rings. The molecule has 2 rings (SSSR count). The summed E-state index contributed by atoms with van der Waals surface area (Å²) >= 11 is 0. The molecular weight excluding hydrogens is 154 g/mol. The van der Waals surface area contributed by atoms with E-state index in [1.165, 1.54) is 6.33 Å². The molecule has 0 saturated carbocycles. The first-order chi connectivity index (χ1) is 5.77. The van der Waals surface area contributed by atoms with Gasteiger partial charge in [0.1, 0.15) is 0 Å². The van der Waals surface area contributed by atoms with Crippen LogP contribution in [0.4, 0.5) is 0 Å². The van der Waals surface area contributed by atoms with Crippen LogP contribution in [0.2, 0.25) is 0 Å². The number of pyridine rings is 1. The van der Waals surface area contributed by atoms with Crippen LogP contribution < -0.4 is 5.56 Å². The van der Waals surface area contributed by atoms with Crippen molar-refractivity contribution in [2.45, 2.75) is 6.92 Å². The lowest BCUT2D eigenvalue weighted by Crippen LogP contribution is -2.06. The molecule has 0 unspecified atom stereocenters. The maximum absolute atomic E-state index is 11.2. The van der Waals surface area contributed by atoms with E-state index >= 15 is 0 Å². The quantitative estimate of drug-likeness (QED) is 0.616. The molecule has 2 aromatic rings. The molecule has 4 nitrogen and oxygen atoms in total. The van der Waals surface area contributed by atoms with Crippen molar-refractivity contribution in [2.75, 3.05) is 0 Å². The molecule has 0 atom stereocenters. The van der Waals surface area contributed by atoms with E-state index in [1.54, 1.807) is 12.3 Å². The predicted octanol–water partition coefficient (Wildman–Crippen LogP) is 0.627. The van der Waals surface area contributed by atoms with Gasteiger partial charge in [-0.3, -0.25) is 9.78 Å². The fourth-order valence-corrected chi connectivity index (χ4v) is 1.08. The van der Waals surface area contributed by atoms with Crippen molar-refractivity contribution in [2.24, 2.45) is 0 Å². The van der Waals surface area contributed by atoms with Crippen LogP contribution in [0.1, 0.15) is 5.69 Å². The van der Waals surface area contributed by atoms with Gasteiger partial charge in [0.15, 0.2) is 0 Å². The second-order valence-electron chi connectivity index (χ2n) is 2.57. The third-order valence-electron chi connectivity index (χ3n) is 1.66. The highest BCUT2D eigenvalue weighted by Gasteiger charge is 1.98. The summed E-state index contributed by atoms with van der Waals surface area (Å²) in [7, 11) is 0. The number of nitrogens with one attached hydrogen (secondary N) is 1. The van der Waals surface area contributed by atoms with Crippen molar-refractivity contribution >= 4 is 10.9 Å². The lowest BCUT2D eigenvalue weighted by Gasteiger charge is -1.94. The number of aromatic nitrogens is 3. The molecule has 12 heavy (non-hydrogen) atoms. The zero-order chi connectivity index (χ0) is 8.55. The van der Waals surface area contributed by atoms with Crippen molar-refractivity contribution in [3.8, 4) is 0 Å². The highest BCUT2D eigenvalue weighted by molar-refractivity contribution is 5.76. The molecule has 60 valence electrons. The van der Waals surface area contributed by atoms with E-state index in [0.29, 0.717) is 10.9 Å². The third kappa shape index (κ3) is 0.972. The van der Waals surface area contributed by atoms with Crippen LogP contribution in [0.25, 0.3) is 10.9 Å². The third-order valence-corrected chi connectivity index (χ3v) is 1.66. The van der Waals surface area contributed by atoms with Crippen LogP contribution in [0, 0.1) is 6.92 Å². The molecule has 0 spiro atoms. The van der Waals surface area contributed by atoms with Gasteiger partial charge in [0.2, 0.25) is 0 Å². The molecule has 0 radical (unpaired) electrons. The van der Waals surface area contributed by atoms with Gasteiger partial charge in [0, 0.05) is 5.69 Å². The number of nitrogens with zero attached hydrogens (tertiary/aromatic N) is 2. The summed E-state index contributed by atoms with van der Waals surface area (Å²) in [6.07, 6.45) is 2.97. The second-order valence-corrected chi connectivity index (χ2v) is 2.57. The molecule has 4 heteroatoms. The Balaban J connectivity index is 2.98. The Labute approximate surface area is 68.3 Å². The zero-order valence-electron chi connectivity index (χ0n) is 6.53. The molecule has 2 aromatic heterocycles. The summed E-state index contributed by atoms with van der Waals surface area (Å²) in [6, 6.07) is 1.72. The van der Waals surface area contributed by atoms with E-state index in [2.05, 4.69) is 15.0 Å². The Morgan fingerprint density at radius 2 is 2.25 bits per heavy atom. The van der Waals surface area contributed by atoms with Crippen molar-refractivity contribution in [1.82, 2.24) is 15.0 Å². The van der Waals surface area contributed by atoms with E-state index in [9.17, 15) is 4.79 Å². The van der Waals surface area contributed by atoms with Crippen LogP contribution in [-0.4, -0.2) is 15.0 Å². The van der Waals surface area contributed by atoms with Gasteiger partial charge in [0.05, 0.1) is 23.4 Å². The highest BCUT2D eigenvalue weighted by atomic mass is 16.1. The second kappa shape index (κ2) is 2.41. The number of H-pyrrole nitrogens is 1. The minimum absolute atomic E-state index is 0.120. The number of hydrogen-bond donors (Lipinski definition) is 1. The van der Waals surface area contributed by atoms with Crippen LogP contribution in [0.15, 0.2) is 23.4 Å². The van der Waals surface area contributed by atoms with Crippen molar-refractivity contribution in [3.05, 3.63) is 34.6 Å². The van der Waals surface area contributed by atoms with Crippen LogP contribution >= 0.6 is 0 Å². The van der Waals surface area contributed by atoms with Crippen LogP contribution in [-0.2, 0) is 0 Å². The SMILES string of the molecule is Cc1cc2c(=O)[nH]cnc2cn1. The van der Waals surface area contributed by atoms with Gasteiger partial charge in [-0.15, -0.1) is 0 Å². The average Bonchev–Trinajstić information content (AvgIpc) is 2.07. The Morgan fingerprint density at radius 1 is 1.42 bits per heavy atom. The molecule has 0 saturated heterocycles. The molecule has 2 heterocycles. The van der Waals surface area contributed by atoms with E-state index in [-0.39, 0.29) is 5.56 Å². The largest absolute Gasteiger partial charge is 0.313 e. The topological polar surface area (TPSA) is 58.6 Å². The van der Waals surface area contributed by atoms with Gasteiger partial charge in [-0.05, 0) is 13.0 Å². The average molecular weight is 161 g/mol. The van der Waals surface area contributed by atoms with Crippen molar-refractivity contribution in [1.29, 1.82) is 0 Å². The number of aryl methyl sites for hydroxylation is 1. The molecular formula is C8H7N3O. The summed E-state index contributed by atoms with van der Waals surface area (Å²) in [4.78, 5) is 21.7. The summed E-state index contributed by atoms with van der Waals surface area (Å²) in [6.45, 7) is 1.84. The molecule has 0 aromatic carbocycles. The molecule has 0 aliphatic carbocycles. The summed E-state index contributed by atoms with van der Waals surface area (Å²) in [5.41, 5.74) is 1.33. The zero-order valence-corrected chi connectivity index (χ0v) is 6.53. The van der Waals surface area contributed by atoms with Crippen LogP contribution in [0.5, 0.6) is 0 Å². The Bertz CT molecular complexity index is 475. The van der Waals surface area contributed by atoms with Crippen molar-refractivity contribution < 1.29 is 0 Å². The Hall–Kier alpha value is -1.71. The van der Waals surface area contributed by atoms with Gasteiger partial charge in [-0.2, -0.15) is 0 Å². The van der Waals surface area contributed by atoms with Crippen LogP contribution in [0.3, 0.4) is 0 Å². The first-order valence-electron chi connectivity index (χ1n) is 3.57. The smallest absolute Gasteiger partial charge is 0.258 e. The van der Waals surface area contributed by atoms with Gasteiger partial charge in [-0.25, -0.2) is 4.98 Å². The lowest BCUT2D eigenvalue weighted by molar-refractivity contribution is 1.14. The first kappa shape index (κ1) is 6.97. The van der Waals surface area contributed by atoms with Gasteiger partial charge in [-0.1, -0.05) is 0 Å². The monoisotopic (exact) mass is 161 g/mol. The summed E-state index contributed by atoms with van der Waals surface area (Å²) in [5, 5.41) is 0.588. The molecule has 0 bridgehead atoms. The lowest BCUT2D eigenvalue weighted by atomic mass is 10.3. The Kier molecular flexibility index (Phi) is 1.40. The number of hydrogen-bond acceptors (Lipinski definition) is 3. The Morgan fingerprint density at radius 3 is 3.08 bits per heavy atom. The maximum atomic E-state index is 11.2. The molecule has 0 aliphatic rings. The van der Waals surface area contributed by atoms with E-state index in [1.807, 2.05) is 6.92 Å². The number of rotatable bonds is 0. The van der Waals surface area contributed by atoms with Gasteiger partial charge >= 0.3 is 0 Å². The predicted molar refractivity (Wildman–Crippen MR) is 44.9 cm³/mol. The van der Waals surface area contributed by atoms with Gasteiger partial charge in [0.25, 0.3) is 5.56 Å². The molecule has 0 amide bonds. The first-order valence-corrected chi connectivity index (χ1v) is 3.57. The summed E-state index contributed by atoms with van der Waals surface area (Å²) in [5.74, 6) is 0. The summed E-state index contributed by atoms with van der Waals surface area (Å²) < 4.78 is 0. The fourth-order valence-electron chi connectivity index (χ4n) is 1.08. The minimum Gasteiger partial charge on any atom is -0.313 e. The van der Waals surface area contributed by atoms with E-state index in [4.69, 9.17) is 0 Å². The fraction of sp³-hybridized carbons (Fsp3) is 0.125. The number of fused-ring (bicyclic) bond motifs is 1. The van der Waals surface area contributed by atoms with Gasteiger partial charge < -0.3 is 4.98 Å². The molecule has 0 aliphatic heterocycles. The normalized spacial score (nSPS) is 10.4. The molecule has 1 N–H and O–H groups in total. The van der Waals surface area contributed by atoms with Crippen molar-refractivity contribution in [3.63, 3.8) is 0 Å². The van der Waals surface area contributed by atoms with E-state index in [0.717, 1.165) is 5.69 Å². The van der Waals surface area contributed by atoms with E-state index < -0.39 is 0 Å². The standard InChI is InChI=1S/C8H7N3O/c1-5-2-6-7(3-9-5)10-4-11-8(6)12/h2-4H,1H3,(H,10,11,12). The minimum atomic E-state index is -0.120. The number of aromatic amines is 1. The maximum Gasteiger partial charge on any atom is 0.258 e.